The minimum atomic E-state index is -1.30. The number of hydrogen-bond donors (Lipinski definition) is 2. The lowest BCUT2D eigenvalue weighted by Gasteiger charge is -2.30. The monoisotopic (exact) mass is 321 g/mol. The Bertz CT molecular complexity index is 825. The molecule has 0 aliphatic heterocycles. The van der Waals surface area contributed by atoms with Crippen molar-refractivity contribution >= 4 is 12.4 Å². The number of nitrogens with one attached hydrogen (secondary N) is 1. The fourth-order valence-corrected chi connectivity index (χ4v) is 3.32. The Morgan fingerprint density at radius 1 is 1.29 bits per heavy atom. The average Bonchev–Trinajstić information content (AvgIpc) is 2.61. The molecule has 2 aromatic carbocycles. The van der Waals surface area contributed by atoms with E-state index in [0.29, 0.717) is 18.3 Å². The van der Waals surface area contributed by atoms with E-state index in [1.165, 1.54) is 11.1 Å². The van der Waals surface area contributed by atoms with Gasteiger partial charge in [0.25, 0.3) is 0 Å². The van der Waals surface area contributed by atoms with Crippen LogP contribution in [-0.4, -0.2) is 17.5 Å². The van der Waals surface area contributed by atoms with Crippen LogP contribution < -0.4 is 5.32 Å². The van der Waals surface area contributed by atoms with E-state index in [1.807, 2.05) is 30.3 Å². The van der Waals surface area contributed by atoms with Gasteiger partial charge in [-0.3, -0.25) is 4.79 Å². The molecule has 2 aromatic rings. The van der Waals surface area contributed by atoms with Crippen LogP contribution in [0.5, 0.6) is 0 Å². The third kappa shape index (κ3) is 2.71. The van der Waals surface area contributed by atoms with Crippen molar-refractivity contribution in [2.24, 2.45) is 0 Å². The van der Waals surface area contributed by atoms with Crippen LogP contribution in [0.25, 0.3) is 11.1 Å². The normalized spacial score (nSPS) is 18.7. The molecule has 3 rings (SSSR count). The highest BCUT2D eigenvalue weighted by molar-refractivity contribution is 5.81. The van der Waals surface area contributed by atoms with Crippen molar-refractivity contribution in [2.45, 2.75) is 25.3 Å². The van der Waals surface area contributed by atoms with Crippen LogP contribution in [0.3, 0.4) is 0 Å². The van der Waals surface area contributed by atoms with Gasteiger partial charge in [-0.2, -0.15) is 0 Å². The Kier molecular flexibility index (Phi) is 4.21. The van der Waals surface area contributed by atoms with Gasteiger partial charge >= 0.3 is 6.09 Å². The zero-order valence-electron chi connectivity index (χ0n) is 13.5. The van der Waals surface area contributed by atoms with E-state index in [1.54, 1.807) is 6.08 Å². The maximum Gasteiger partial charge on any atom is 0.405 e. The fraction of sp³-hybridized carbons (Fsp3) is 0.200. The predicted octanol–water partition coefficient (Wildman–Crippen LogP) is 3.69. The van der Waals surface area contributed by atoms with Gasteiger partial charge < -0.3 is 10.4 Å². The number of aldehydes is 1. The van der Waals surface area contributed by atoms with Gasteiger partial charge in [0.2, 0.25) is 0 Å². The lowest BCUT2D eigenvalue weighted by atomic mass is 9.80. The SMILES string of the molecule is CCc1ccccc1-c1ccc2c(c1)CC=C[C@]2(C=O)NC(=O)O. The van der Waals surface area contributed by atoms with Crippen molar-refractivity contribution in [1.29, 1.82) is 0 Å². The predicted molar refractivity (Wildman–Crippen MR) is 93.0 cm³/mol. The van der Waals surface area contributed by atoms with Crippen molar-refractivity contribution in [3.63, 3.8) is 0 Å². The van der Waals surface area contributed by atoms with E-state index >= 15 is 0 Å². The van der Waals surface area contributed by atoms with Crippen LogP contribution in [0.4, 0.5) is 4.79 Å². The van der Waals surface area contributed by atoms with Gasteiger partial charge in [-0.1, -0.05) is 61.5 Å². The molecular formula is C20H19NO3. The van der Waals surface area contributed by atoms with E-state index < -0.39 is 11.6 Å². The summed E-state index contributed by atoms with van der Waals surface area (Å²) in [5.41, 5.74) is 3.86. The van der Waals surface area contributed by atoms with Crippen molar-refractivity contribution in [3.05, 3.63) is 71.3 Å². The number of amides is 1. The summed E-state index contributed by atoms with van der Waals surface area (Å²) in [5, 5.41) is 11.4. The van der Waals surface area contributed by atoms with E-state index in [0.717, 1.165) is 17.5 Å². The molecule has 0 saturated carbocycles. The van der Waals surface area contributed by atoms with Crippen molar-refractivity contribution in [1.82, 2.24) is 5.32 Å². The number of hydrogen-bond acceptors (Lipinski definition) is 2. The van der Waals surface area contributed by atoms with Crippen molar-refractivity contribution in [2.75, 3.05) is 0 Å². The van der Waals surface area contributed by atoms with Crippen LogP contribution in [0.1, 0.15) is 23.6 Å². The Morgan fingerprint density at radius 2 is 2.08 bits per heavy atom. The van der Waals surface area contributed by atoms with Crippen LogP contribution >= 0.6 is 0 Å². The first kappa shape index (κ1) is 16.0. The molecule has 1 aliphatic rings. The molecule has 24 heavy (non-hydrogen) atoms. The van der Waals surface area contributed by atoms with E-state index in [4.69, 9.17) is 5.11 Å². The molecule has 0 radical (unpaired) electrons. The summed E-state index contributed by atoms with van der Waals surface area (Å²) in [6.07, 6.45) is 4.49. The quantitative estimate of drug-likeness (QED) is 0.666. The number of carbonyl (C=O) groups is 2. The first-order valence-electron chi connectivity index (χ1n) is 7.96. The first-order chi connectivity index (χ1) is 11.6. The van der Waals surface area contributed by atoms with Gasteiger partial charge in [0, 0.05) is 0 Å². The summed E-state index contributed by atoms with van der Waals surface area (Å²) < 4.78 is 0. The lowest BCUT2D eigenvalue weighted by Crippen LogP contribution is -2.46. The Balaban J connectivity index is 2.10. The Labute approximate surface area is 140 Å². The summed E-state index contributed by atoms with van der Waals surface area (Å²) in [4.78, 5) is 22.8. The second-order valence-electron chi connectivity index (χ2n) is 5.91. The molecule has 122 valence electrons. The van der Waals surface area contributed by atoms with E-state index in [2.05, 4.69) is 30.4 Å². The summed E-state index contributed by atoms with van der Waals surface area (Å²) >= 11 is 0. The molecule has 0 aromatic heterocycles. The highest BCUT2D eigenvalue weighted by atomic mass is 16.4. The molecule has 0 unspecified atom stereocenters. The smallest absolute Gasteiger partial charge is 0.405 e. The molecule has 4 heteroatoms. The van der Waals surface area contributed by atoms with Gasteiger partial charge in [0.1, 0.15) is 5.54 Å². The number of aryl methyl sites for hydroxylation is 1. The third-order valence-electron chi connectivity index (χ3n) is 4.48. The van der Waals surface area contributed by atoms with Gasteiger partial charge in [0.05, 0.1) is 0 Å². The molecule has 4 nitrogen and oxygen atoms in total. The standard InChI is InChI=1S/C20H19NO3/c1-2-14-6-3-4-8-17(14)15-9-10-18-16(12-15)7-5-11-20(18,13-22)21-19(23)24/h3-6,8-13,21H,2,7H2,1H3,(H,23,24)/t20-/m1/s1. The average molecular weight is 321 g/mol. The topological polar surface area (TPSA) is 66.4 Å². The molecule has 1 amide bonds. The van der Waals surface area contributed by atoms with E-state index in [9.17, 15) is 9.59 Å². The largest absolute Gasteiger partial charge is 0.465 e. The molecule has 1 aliphatic carbocycles. The number of carbonyl (C=O) groups excluding carboxylic acids is 1. The van der Waals surface area contributed by atoms with Crippen LogP contribution in [-0.2, 0) is 23.2 Å². The molecule has 2 N–H and O–H groups in total. The van der Waals surface area contributed by atoms with Crippen LogP contribution in [0.2, 0.25) is 0 Å². The van der Waals surface area contributed by atoms with E-state index in [-0.39, 0.29) is 0 Å². The van der Waals surface area contributed by atoms with Gasteiger partial charge in [-0.05, 0) is 40.7 Å². The zero-order valence-corrected chi connectivity index (χ0v) is 13.5. The molecule has 0 saturated heterocycles. The lowest BCUT2D eigenvalue weighted by molar-refractivity contribution is -0.112. The van der Waals surface area contributed by atoms with Crippen LogP contribution in [0.15, 0.2) is 54.6 Å². The molecule has 0 fully saturated rings. The van der Waals surface area contributed by atoms with Crippen LogP contribution in [0, 0.1) is 0 Å². The highest BCUT2D eigenvalue weighted by Gasteiger charge is 2.35. The molecule has 0 spiro atoms. The number of fused-ring (bicyclic) bond motifs is 1. The molecular weight excluding hydrogens is 302 g/mol. The maximum absolute atomic E-state index is 11.7. The molecule has 0 bridgehead atoms. The van der Waals surface area contributed by atoms with Gasteiger partial charge in [0.15, 0.2) is 6.29 Å². The highest BCUT2D eigenvalue weighted by Crippen LogP contribution is 2.34. The van der Waals surface area contributed by atoms with Gasteiger partial charge in [-0.25, -0.2) is 4.79 Å². The second-order valence-corrected chi connectivity index (χ2v) is 5.91. The Hall–Kier alpha value is -2.88. The minimum Gasteiger partial charge on any atom is -0.465 e. The summed E-state index contributed by atoms with van der Waals surface area (Å²) in [7, 11) is 0. The number of rotatable bonds is 4. The zero-order chi connectivity index (χ0) is 17.2. The summed E-state index contributed by atoms with van der Waals surface area (Å²) in [5.74, 6) is 0. The number of benzene rings is 2. The first-order valence-corrected chi connectivity index (χ1v) is 7.96. The number of carboxylic acid groups (broad SMARTS) is 1. The minimum absolute atomic E-state index is 0.648. The van der Waals surface area contributed by atoms with Crippen molar-refractivity contribution < 1.29 is 14.7 Å². The molecule has 0 heterocycles. The molecule has 1 atom stereocenters. The fourth-order valence-electron chi connectivity index (χ4n) is 3.32. The maximum atomic E-state index is 11.7. The summed E-state index contributed by atoms with van der Waals surface area (Å²) in [6, 6.07) is 14.1. The summed E-state index contributed by atoms with van der Waals surface area (Å²) in [6.45, 7) is 2.12. The number of allylic oxidation sites excluding steroid dienone is 1. The van der Waals surface area contributed by atoms with Crippen molar-refractivity contribution in [3.8, 4) is 11.1 Å². The second kappa shape index (κ2) is 6.32. The van der Waals surface area contributed by atoms with Gasteiger partial charge in [-0.15, -0.1) is 0 Å². The Morgan fingerprint density at radius 3 is 2.79 bits per heavy atom. The third-order valence-corrected chi connectivity index (χ3v) is 4.48.